The summed E-state index contributed by atoms with van der Waals surface area (Å²) in [6, 6.07) is 6.29. The average Bonchev–Trinajstić information content (AvgIpc) is 2.90. The highest BCUT2D eigenvalue weighted by atomic mass is 127. The zero-order valence-electron chi connectivity index (χ0n) is 17.0. The number of carbonyl (C=O) groups excluding carboxylic acids is 1. The van der Waals surface area contributed by atoms with Gasteiger partial charge in [-0.15, -0.1) is 0 Å². The number of nitrogens with one attached hydrogen (secondary N) is 1. The third kappa shape index (κ3) is 5.51. The normalized spacial score (nSPS) is 20.5. The Bertz CT molecular complexity index is 924. The molecule has 2 N–H and O–H groups in total. The highest BCUT2D eigenvalue weighted by Crippen LogP contribution is 2.32. The Morgan fingerprint density at radius 2 is 2.03 bits per heavy atom. The molecule has 30 heavy (non-hydrogen) atoms. The second-order valence-electron chi connectivity index (χ2n) is 8.44. The van der Waals surface area contributed by atoms with E-state index in [0.717, 1.165) is 0 Å². The average molecular weight is 539 g/mol. The van der Waals surface area contributed by atoms with Gasteiger partial charge in [-0.1, -0.05) is 6.07 Å². The number of aliphatic hydroxyl groups is 1. The van der Waals surface area contributed by atoms with Gasteiger partial charge in [0.1, 0.15) is 12.1 Å². The molecule has 1 aromatic carbocycles. The van der Waals surface area contributed by atoms with E-state index in [-0.39, 0.29) is 6.54 Å². The van der Waals surface area contributed by atoms with Gasteiger partial charge in [-0.05, 0) is 68.0 Å². The summed E-state index contributed by atoms with van der Waals surface area (Å²) >= 11 is 1.89. The standard InChI is InChI=1S/C20H25F3IN3O3/c1-19(2,3)30-18(29)26-8-7-16(28)14(10-26)25-13-5-4-6-15-12(13)9-17(24)27(15)11-20(21,22)23/h4-6,9,14,16,25,28H,7-8,10-11H2,1-3H3/t14?,16-/m0/s1. The van der Waals surface area contributed by atoms with Crippen LogP contribution in [-0.4, -0.2) is 57.7 Å². The number of fused-ring (bicyclic) bond motifs is 1. The first-order chi connectivity index (χ1) is 13.8. The summed E-state index contributed by atoms with van der Waals surface area (Å²) in [4.78, 5) is 13.9. The highest BCUT2D eigenvalue weighted by Gasteiger charge is 2.33. The fourth-order valence-corrected chi connectivity index (χ4v) is 4.23. The van der Waals surface area contributed by atoms with Gasteiger partial charge in [0.05, 0.1) is 21.4 Å². The summed E-state index contributed by atoms with van der Waals surface area (Å²) in [6.07, 6.45) is -5.11. The van der Waals surface area contributed by atoms with Crippen molar-refractivity contribution in [2.24, 2.45) is 0 Å². The Hall–Kier alpha value is -1.69. The van der Waals surface area contributed by atoms with Crippen molar-refractivity contribution in [3.8, 4) is 0 Å². The molecule has 1 amide bonds. The van der Waals surface area contributed by atoms with Crippen LogP contribution < -0.4 is 5.32 Å². The van der Waals surface area contributed by atoms with Gasteiger partial charge < -0.3 is 24.6 Å². The van der Waals surface area contributed by atoms with E-state index in [1.54, 1.807) is 45.0 Å². The molecule has 1 saturated heterocycles. The van der Waals surface area contributed by atoms with Crippen molar-refractivity contribution in [1.82, 2.24) is 9.47 Å². The molecule has 2 heterocycles. The molecule has 1 aromatic heterocycles. The molecule has 0 saturated carbocycles. The van der Waals surface area contributed by atoms with Gasteiger partial charge in [0.2, 0.25) is 0 Å². The summed E-state index contributed by atoms with van der Waals surface area (Å²) in [5, 5.41) is 14.3. The summed E-state index contributed by atoms with van der Waals surface area (Å²) in [5.41, 5.74) is 0.442. The smallest absolute Gasteiger partial charge is 0.410 e. The maximum Gasteiger partial charge on any atom is 0.410 e. The number of benzene rings is 1. The number of nitrogens with zero attached hydrogens (tertiary/aromatic N) is 2. The van der Waals surface area contributed by atoms with E-state index in [2.05, 4.69) is 5.32 Å². The third-order valence-corrected chi connectivity index (χ3v) is 5.70. The Kier molecular flexibility index (Phi) is 6.47. The van der Waals surface area contributed by atoms with Crippen LogP contribution in [0.4, 0.5) is 23.7 Å². The highest BCUT2D eigenvalue weighted by molar-refractivity contribution is 14.1. The Balaban J connectivity index is 1.82. The Morgan fingerprint density at radius 1 is 1.33 bits per heavy atom. The zero-order valence-corrected chi connectivity index (χ0v) is 19.1. The monoisotopic (exact) mass is 539 g/mol. The number of hydrogen-bond acceptors (Lipinski definition) is 4. The summed E-state index contributed by atoms with van der Waals surface area (Å²) in [5.74, 6) is 0. The van der Waals surface area contributed by atoms with E-state index in [0.29, 0.717) is 33.3 Å². The molecule has 3 rings (SSSR count). The van der Waals surface area contributed by atoms with Crippen molar-refractivity contribution in [3.63, 3.8) is 0 Å². The number of hydrogen-bond donors (Lipinski definition) is 2. The van der Waals surface area contributed by atoms with Crippen molar-refractivity contribution in [2.75, 3.05) is 18.4 Å². The molecule has 1 aliphatic rings. The van der Waals surface area contributed by atoms with Crippen molar-refractivity contribution in [2.45, 2.75) is 57.7 Å². The lowest BCUT2D eigenvalue weighted by atomic mass is 10.0. The first kappa shape index (κ1) is 23.0. The summed E-state index contributed by atoms with van der Waals surface area (Å²) in [7, 11) is 0. The number of anilines is 1. The maximum absolute atomic E-state index is 13.0. The number of aromatic nitrogens is 1. The lowest BCUT2D eigenvalue weighted by Crippen LogP contribution is -2.53. The number of carbonyl (C=O) groups is 1. The molecule has 1 unspecified atom stereocenters. The quantitative estimate of drug-likeness (QED) is 0.561. The van der Waals surface area contributed by atoms with E-state index in [9.17, 15) is 23.1 Å². The molecule has 10 heteroatoms. The minimum Gasteiger partial charge on any atom is -0.444 e. The van der Waals surface area contributed by atoms with E-state index in [1.165, 1.54) is 9.47 Å². The SMILES string of the molecule is CC(C)(C)OC(=O)N1CC[C@H](O)C(Nc2cccc3c2cc(I)n3CC(F)(F)F)C1. The largest absolute Gasteiger partial charge is 0.444 e. The maximum atomic E-state index is 13.0. The van der Waals surface area contributed by atoms with Crippen molar-refractivity contribution in [3.05, 3.63) is 28.0 Å². The van der Waals surface area contributed by atoms with Gasteiger partial charge in [0.25, 0.3) is 0 Å². The predicted octanol–water partition coefficient (Wildman–Crippen LogP) is 4.59. The van der Waals surface area contributed by atoms with Crippen LogP contribution in [0.15, 0.2) is 24.3 Å². The van der Waals surface area contributed by atoms with Gasteiger partial charge in [-0.2, -0.15) is 13.2 Å². The van der Waals surface area contributed by atoms with Crippen molar-refractivity contribution >= 4 is 45.3 Å². The van der Waals surface area contributed by atoms with Crippen LogP contribution in [-0.2, 0) is 11.3 Å². The topological polar surface area (TPSA) is 66.7 Å². The van der Waals surface area contributed by atoms with Crippen molar-refractivity contribution < 1.29 is 27.8 Å². The summed E-state index contributed by atoms with van der Waals surface area (Å²) in [6.45, 7) is 4.88. The molecule has 0 aliphatic carbocycles. The molecule has 6 nitrogen and oxygen atoms in total. The van der Waals surface area contributed by atoms with Crippen LogP contribution in [0, 0.1) is 3.70 Å². The molecule has 1 fully saturated rings. The molecular formula is C20H25F3IN3O3. The van der Waals surface area contributed by atoms with Gasteiger partial charge in [-0.25, -0.2) is 4.79 Å². The molecule has 166 valence electrons. The molecule has 0 spiro atoms. The lowest BCUT2D eigenvalue weighted by molar-refractivity contribution is -0.140. The zero-order chi connectivity index (χ0) is 22.3. The number of alkyl halides is 3. The first-order valence-corrected chi connectivity index (χ1v) is 10.7. The van der Waals surface area contributed by atoms with Crippen LogP contribution in [0.25, 0.3) is 10.9 Å². The van der Waals surface area contributed by atoms with Gasteiger partial charge in [0.15, 0.2) is 0 Å². The molecule has 1 aliphatic heterocycles. The number of likely N-dealkylation sites (tertiary alicyclic amines) is 1. The minimum absolute atomic E-state index is 0.229. The number of rotatable bonds is 3. The minimum atomic E-state index is -4.33. The van der Waals surface area contributed by atoms with Crippen LogP contribution in [0.5, 0.6) is 0 Å². The van der Waals surface area contributed by atoms with E-state index >= 15 is 0 Å². The fourth-order valence-electron chi connectivity index (χ4n) is 3.49. The Morgan fingerprint density at radius 3 is 2.67 bits per heavy atom. The van der Waals surface area contributed by atoms with Gasteiger partial charge in [-0.3, -0.25) is 0 Å². The molecule has 2 atom stereocenters. The predicted molar refractivity (Wildman–Crippen MR) is 117 cm³/mol. The van der Waals surface area contributed by atoms with Gasteiger partial charge in [0, 0.05) is 24.2 Å². The third-order valence-electron chi connectivity index (χ3n) is 4.80. The second kappa shape index (κ2) is 8.45. The molecule has 0 radical (unpaired) electrons. The number of amides is 1. The van der Waals surface area contributed by atoms with E-state index < -0.39 is 36.6 Å². The van der Waals surface area contributed by atoms with Crippen LogP contribution >= 0.6 is 22.6 Å². The molecule has 2 aromatic rings. The van der Waals surface area contributed by atoms with E-state index in [4.69, 9.17) is 4.74 Å². The van der Waals surface area contributed by atoms with Crippen LogP contribution in [0.3, 0.4) is 0 Å². The number of ether oxygens (including phenoxy) is 1. The number of halogens is 4. The lowest BCUT2D eigenvalue weighted by Gasteiger charge is -2.37. The molecular weight excluding hydrogens is 514 g/mol. The van der Waals surface area contributed by atoms with Crippen LogP contribution in [0.2, 0.25) is 0 Å². The van der Waals surface area contributed by atoms with Crippen LogP contribution in [0.1, 0.15) is 27.2 Å². The Labute approximate surface area is 186 Å². The second-order valence-corrected chi connectivity index (χ2v) is 9.55. The first-order valence-electron chi connectivity index (χ1n) is 9.61. The molecule has 0 bridgehead atoms. The van der Waals surface area contributed by atoms with E-state index in [1.807, 2.05) is 22.6 Å². The number of piperidine rings is 1. The number of aliphatic hydroxyl groups excluding tert-OH is 1. The van der Waals surface area contributed by atoms with Crippen molar-refractivity contribution in [1.29, 1.82) is 0 Å². The van der Waals surface area contributed by atoms with Gasteiger partial charge >= 0.3 is 12.3 Å². The fraction of sp³-hybridized carbons (Fsp3) is 0.550. The summed E-state index contributed by atoms with van der Waals surface area (Å²) < 4.78 is 46.0.